The van der Waals surface area contributed by atoms with E-state index < -0.39 is 0 Å². The van der Waals surface area contributed by atoms with Gasteiger partial charge in [-0.2, -0.15) is 0 Å². The first kappa shape index (κ1) is 14.1. The Labute approximate surface area is 115 Å². The van der Waals surface area contributed by atoms with Crippen LogP contribution >= 0.6 is 0 Å². The molecule has 1 aromatic rings. The molecule has 1 heterocycles. The lowest BCUT2D eigenvalue weighted by molar-refractivity contribution is -0.135. The van der Waals surface area contributed by atoms with Crippen LogP contribution in [0.2, 0.25) is 0 Å². The van der Waals surface area contributed by atoms with Crippen LogP contribution in [-0.4, -0.2) is 35.1 Å². The van der Waals surface area contributed by atoms with Gasteiger partial charge in [0, 0.05) is 13.1 Å². The molecular formula is C16H23NO2. The van der Waals surface area contributed by atoms with Gasteiger partial charge in [0.1, 0.15) is 0 Å². The number of likely N-dealkylation sites (tertiary alicyclic amines) is 1. The number of rotatable bonds is 4. The molecule has 1 aliphatic heterocycles. The summed E-state index contributed by atoms with van der Waals surface area (Å²) in [7, 11) is 0. The van der Waals surface area contributed by atoms with E-state index in [4.69, 9.17) is 0 Å². The first-order valence-corrected chi connectivity index (χ1v) is 7.24. The quantitative estimate of drug-likeness (QED) is 0.905. The predicted octanol–water partition coefficient (Wildman–Crippen LogP) is 2.55. The normalized spacial score (nSPS) is 18.3. The fourth-order valence-corrected chi connectivity index (χ4v) is 2.71. The molecule has 2 rings (SSSR count). The van der Waals surface area contributed by atoms with Crippen molar-refractivity contribution in [2.45, 2.75) is 44.6 Å². The SMILES string of the molecule is CCCC(C(=O)N1CCC(O)CC1)c1ccccc1. The molecule has 19 heavy (non-hydrogen) atoms. The van der Waals surface area contributed by atoms with Gasteiger partial charge in [-0.3, -0.25) is 4.79 Å². The standard InChI is InChI=1S/C16H23NO2/c1-2-6-15(13-7-4-3-5-8-13)16(19)17-11-9-14(18)10-12-17/h3-5,7-8,14-15,18H,2,6,9-12H2,1H3. The average Bonchev–Trinajstić information content (AvgIpc) is 2.46. The molecule has 3 nitrogen and oxygen atoms in total. The van der Waals surface area contributed by atoms with E-state index in [1.807, 2.05) is 35.2 Å². The van der Waals surface area contributed by atoms with Crippen molar-refractivity contribution in [3.05, 3.63) is 35.9 Å². The highest BCUT2D eigenvalue weighted by Gasteiger charge is 2.27. The molecule has 1 N–H and O–H groups in total. The van der Waals surface area contributed by atoms with Gasteiger partial charge < -0.3 is 10.0 Å². The molecule has 0 aromatic heterocycles. The Kier molecular flexibility index (Phi) is 4.97. The number of piperidine rings is 1. The van der Waals surface area contributed by atoms with E-state index >= 15 is 0 Å². The van der Waals surface area contributed by atoms with Crippen molar-refractivity contribution in [3.8, 4) is 0 Å². The summed E-state index contributed by atoms with van der Waals surface area (Å²) in [5.41, 5.74) is 1.11. The Morgan fingerprint density at radius 1 is 1.32 bits per heavy atom. The summed E-state index contributed by atoms with van der Waals surface area (Å²) in [5, 5.41) is 9.53. The van der Waals surface area contributed by atoms with Crippen LogP contribution in [0.15, 0.2) is 30.3 Å². The van der Waals surface area contributed by atoms with E-state index in [-0.39, 0.29) is 17.9 Å². The van der Waals surface area contributed by atoms with Crippen LogP contribution in [0.5, 0.6) is 0 Å². The van der Waals surface area contributed by atoms with Gasteiger partial charge in [-0.15, -0.1) is 0 Å². The molecule has 1 unspecified atom stereocenters. The molecule has 1 fully saturated rings. The van der Waals surface area contributed by atoms with E-state index in [1.54, 1.807) is 0 Å². The third kappa shape index (κ3) is 3.57. The van der Waals surface area contributed by atoms with Gasteiger partial charge in [0.15, 0.2) is 0 Å². The Balaban J connectivity index is 2.08. The molecular weight excluding hydrogens is 238 g/mol. The third-order valence-corrected chi connectivity index (χ3v) is 3.85. The smallest absolute Gasteiger partial charge is 0.230 e. The van der Waals surface area contributed by atoms with Gasteiger partial charge in [0.25, 0.3) is 0 Å². The molecule has 3 heteroatoms. The van der Waals surface area contributed by atoms with Crippen LogP contribution in [0.3, 0.4) is 0 Å². The van der Waals surface area contributed by atoms with Crippen molar-refractivity contribution in [3.63, 3.8) is 0 Å². The number of carbonyl (C=O) groups is 1. The summed E-state index contributed by atoms with van der Waals surface area (Å²) in [4.78, 5) is 14.6. The van der Waals surface area contributed by atoms with E-state index in [1.165, 1.54) is 0 Å². The molecule has 0 bridgehead atoms. The zero-order valence-corrected chi connectivity index (χ0v) is 11.6. The number of hydrogen-bond donors (Lipinski definition) is 1. The van der Waals surface area contributed by atoms with Crippen LogP contribution in [0.25, 0.3) is 0 Å². The number of benzene rings is 1. The largest absolute Gasteiger partial charge is 0.393 e. The lowest BCUT2D eigenvalue weighted by Crippen LogP contribution is -2.42. The van der Waals surface area contributed by atoms with Crippen LogP contribution in [0.4, 0.5) is 0 Å². The fourth-order valence-electron chi connectivity index (χ4n) is 2.71. The Hall–Kier alpha value is -1.35. The minimum atomic E-state index is -0.231. The van der Waals surface area contributed by atoms with Gasteiger partial charge in [-0.05, 0) is 24.8 Å². The maximum Gasteiger partial charge on any atom is 0.230 e. The highest BCUT2D eigenvalue weighted by Crippen LogP contribution is 2.25. The van der Waals surface area contributed by atoms with E-state index in [0.29, 0.717) is 25.9 Å². The van der Waals surface area contributed by atoms with Crippen LogP contribution in [0.1, 0.15) is 44.1 Å². The number of hydrogen-bond acceptors (Lipinski definition) is 2. The second kappa shape index (κ2) is 6.71. The number of amides is 1. The van der Waals surface area contributed by atoms with E-state index in [2.05, 4.69) is 6.92 Å². The van der Waals surface area contributed by atoms with E-state index in [0.717, 1.165) is 18.4 Å². The van der Waals surface area contributed by atoms with Crippen molar-refractivity contribution < 1.29 is 9.90 Å². The highest BCUT2D eigenvalue weighted by atomic mass is 16.3. The monoisotopic (exact) mass is 261 g/mol. The Morgan fingerprint density at radius 3 is 2.53 bits per heavy atom. The maximum absolute atomic E-state index is 12.6. The van der Waals surface area contributed by atoms with E-state index in [9.17, 15) is 9.90 Å². The zero-order chi connectivity index (χ0) is 13.7. The second-order valence-electron chi connectivity index (χ2n) is 5.31. The minimum absolute atomic E-state index is 0.0264. The van der Waals surface area contributed by atoms with Gasteiger partial charge >= 0.3 is 0 Å². The van der Waals surface area contributed by atoms with Crippen molar-refractivity contribution in [2.24, 2.45) is 0 Å². The topological polar surface area (TPSA) is 40.5 Å². The third-order valence-electron chi connectivity index (χ3n) is 3.85. The molecule has 1 aliphatic rings. The summed E-state index contributed by atoms with van der Waals surface area (Å²) in [6.07, 6.45) is 3.08. The summed E-state index contributed by atoms with van der Waals surface area (Å²) >= 11 is 0. The molecule has 1 atom stereocenters. The minimum Gasteiger partial charge on any atom is -0.393 e. The number of aliphatic hydroxyl groups excluding tert-OH is 1. The lowest BCUT2D eigenvalue weighted by atomic mass is 9.92. The van der Waals surface area contributed by atoms with Crippen LogP contribution < -0.4 is 0 Å². The number of aliphatic hydroxyl groups is 1. The van der Waals surface area contributed by atoms with Crippen molar-refractivity contribution in [1.29, 1.82) is 0 Å². The molecule has 0 spiro atoms. The van der Waals surface area contributed by atoms with Gasteiger partial charge in [0.2, 0.25) is 5.91 Å². The molecule has 1 aromatic carbocycles. The van der Waals surface area contributed by atoms with Crippen molar-refractivity contribution in [2.75, 3.05) is 13.1 Å². The molecule has 1 saturated heterocycles. The predicted molar refractivity (Wildman–Crippen MR) is 75.9 cm³/mol. The van der Waals surface area contributed by atoms with Crippen LogP contribution in [-0.2, 0) is 4.79 Å². The molecule has 0 radical (unpaired) electrons. The van der Waals surface area contributed by atoms with Crippen molar-refractivity contribution >= 4 is 5.91 Å². The first-order chi connectivity index (χ1) is 9.22. The van der Waals surface area contributed by atoms with Crippen LogP contribution in [0, 0.1) is 0 Å². The number of nitrogens with zero attached hydrogens (tertiary/aromatic N) is 1. The highest BCUT2D eigenvalue weighted by molar-refractivity contribution is 5.83. The Bertz CT molecular complexity index is 396. The van der Waals surface area contributed by atoms with Gasteiger partial charge in [0.05, 0.1) is 12.0 Å². The van der Waals surface area contributed by atoms with Gasteiger partial charge in [-0.1, -0.05) is 43.7 Å². The summed E-state index contributed by atoms with van der Waals surface area (Å²) < 4.78 is 0. The van der Waals surface area contributed by atoms with Gasteiger partial charge in [-0.25, -0.2) is 0 Å². The maximum atomic E-state index is 12.6. The lowest BCUT2D eigenvalue weighted by Gasteiger charge is -2.32. The summed E-state index contributed by atoms with van der Waals surface area (Å²) in [6.45, 7) is 3.49. The average molecular weight is 261 g/mol. The fraction of sp³-hybridized carbons (Fsp3) is 0.562. The molecule has 104 valence electrons. The zero-order valence-electron chi connectivity index (χ0n) is 11.6. The molecule has 0 saturated carbocycles. The first-order valence-electron chi connectivity index (χ1n) is 7.24. The number of carbonyl (C=O) groups excluding carboxylic acids is 1. The Morgan fingerprint density at radius 2 is 1.95 bits per heavy atom. The second-order valence-corrected chi connectivity index (χ2v) is 5.31. The molecule has 1 amide bonds. The molecule has 0 aliphatic carbocycles. The van der Waals surface area contributed by atoms with Crippen molar-refractivity contribution in [1.82, 2.24) is 4.90 Å². The summed E-state index contributed by atoms with van der Waals surface area (Å²) in [5.74, 6) is 0.196. The summed E-state index contributed by atoms with van der Waals surface area (Å²) in [6, 6.07) is 10.0.